The minimum atomic E-state index is -0.356. The number of carbonyl (C=O) groups is 1. The predicted molar refractivity (Wildman–Crippen MR) is 83.6 cm³/mol. The number of amides is 1. The van der Waals surface area contributed by atoms with Crippen LogP contribution in [0.3, 0.4) is 0 Å². The number of benzene rings is 1. The molecule has 4 nitrogen and oxygen atoms in total. The van der Waals surface area contributed by atoms with Gasteiger partial charge in [0.05, 0.1) is 6.61 Å². The lowest BCUT2D eigenvalue weighted by Crippen LogP contribution is -2.49. The average Bonchev–Trinajstić information content (AvgIpc) is 2.49. The molecule has 1 amide bonds. The molecule has 0 saturated carbocycles. The Kier molecular flexibility index (Phi) is 7.59. The third-order valence-corrected chi connectivity index (χ3v) is 3.27. The zero-order chi connectivity index (χ0) is 13.5. The molecule has 1 saturated heterocycles. The number of rotatable bonds is 5. The van der Waals surface area contributed by atoms with Gasteiger partial charge in [0.25, 0.3) is 5.91 Å². The summed E-state index contributed by atoms with van der Waals surface area (Å²) in [4.78, 5) is 14.4. The van der Waals surface area contributed by atoms with Crippen LogP contribution in [0.15, 0.2) is 30.3 Å². The molecule has 5 heteroatoms. The molecule has 0 aliphatic carbocycles. The fourth-order valence-corrected chi connectivity index (χ4v) is 2.19. The fraction of sp³-hybridized carbons (Fsp3) is 0.533. The van der Waals surface area contributed by atoms with Crippen LogP contribution in [0.2, 0.25) is 0 Å². The molecular weight excluding hydrogens is 276 g/mol. The van der Waals surface area contributed by atoms with Gasteiger partial charge in [-0.25, -0.2) is 0 Å². The number of anilines is 1. The largest absolute Gasteiger partial charge is 0.366 e. The highest BCUT2D eigenvalue weighted by Crippen LogP contribution is 2.16. The Morgan fingerprint density at radius 3 is 2.75 bits per heavy atom. The van der Waals surface area contributed by atoms with Crippen molar-refractivity contribution in [2.24, 2.45) is 0 Å². The number of morpholine rings is 1. The molecule has 1 unspecified atom stereocenters. The van der Waals surface area contributed by atoms with Crippen LogP contribution in [-0.4, -0.2) is 38.3 Å². The first-order chi connectivity index (χ1) is 9.33. The molecule has 1 aliphatic heterocycles. The number of halogens is 1. The Hall–Kier alpha value is -1.10. The summed E-state index contributed by atoms with van der Waals surface area (Å²) in [6.45, 7) is 4.91. The van der Waals surface area contributed by atoms with Crippen LogP contribution in [0.25, 0.3) is 0 Å². The van der Waals surface area contributed by atoms with Crippen molar-refractivity contribution in [3.05, 3.63) is 30.3 Å². The molecule has 2 rings (SSSR count). The van der Waals surface area contributed by atoms with Crippen LogP contribution >= 0.6 is 12.4 Å². The zero-order valence-corrected chi connectivity index (χ0v) is 12.7. The predicted octanol–water partition coefficient (Wildman–Crippen LogP) is 2.23. The molecule has 0 aromatic heterocycles. The van der Waals surface area contributed by atoms with Crippen molar-refractivity contribution in [2.75, 3.05) is 31.1 Å². The third kappa shape index (κ3) is 4.47. The lowest BCUT2D eigenvalue weighted by atomic mass is 10.2. The van der Waals surface area contributed by atoms with Crippen molar-refractivity contribution in [1.82, 2.24) is 5.32 Å². The maximum atomic E-state index is 12.6. The van der Waals surface area contributed by atoms with Gasteiger partial charge in [0.2, 0.25) is 0 Å². The van der Waals surface area contributed by atoms with Crippen molar-refractivity contribution in [3.63, 3.8) is 0 Å². The number of para-hydroxylation sites is 1. The maximum absolute atomic E-state index is 12.6. The third-order valence-electron chi connectivity index (χ3n) is 3.27. The molecule has 1 aromatic rings. The molecule has 1 atom stereocenters. The summed E-state index contributed by atoms with van der Waals surface area (Å²) in [7, 11) is 0. The number of ether oxygens (including phenoxy) is 1. The van der Waals surface area contributed by atoms with Crippen molar-refractivity contribution in [3.8, 4) is 0 Å². The molecule has 0 bridgehead atoms. The Morgan fingerprint density at radius 1 is 1.40 bits per heavy atom. The Labute approximate surface area is 126 Å². The average molecular weight is 299 g/mol. The molecule has 1 N–H and O–H groups in total. The van der Waals surface area contributed by atoms with Crippen molar-refractivity contribution in [1.29, 1.82) is 0 Å². The van der Waals surface area contributed by atoms with Crippen molar-refractivity contribution >= 4 is 24.0 Å². The van der Waals surface area contributed by atoms with E-state index >= 15 is 0 Å². The highest BCUT2D eigenvalue weighted by molar-refractivity contribution is 5.96. The quantitative estimate of drug-likeness (QED) is 0.906. The van der Waals surface area contributed by atoms with E-state index in [4.69, 9.17) is 4.74 Å². The van der Waals surface area contributed by atoms with Gasteiger partial charge in [0, 0.05) is 25.3 Å². The van der Waals surface area contributed by atoms with Gasteiger partial charge in [-0.2, -0.15) is 0 Å². The van der Waals surface area contributed by atoms with Crippen LogP contribution in [0.4, 0.5) is 5.69 Å². The maximum Gasteiger partial charge on any atom is 0.257 e. The zero-order valence-electron chi connectivity index (χ0n) is 11.9. The van der Waals surface area contributed by atoms with Crippen LogP contribution < -0.4 is 10.2 Å². The summed E-state index contributed by atoms with van der Waals surface area (Å²) < 4.78 is 5.57. The Morgan fingerprint density at radius 2 is 2.15 bits per heavy atom. The molecule has 0 radical (unpaired) electrons. The summed E-state index contributed by atoms with van der Waals surface area (Å²) >= 11 is 0. The van der Waals surface area contributed by atoms with E-state index in [2.05, 4.69) is 12.2 Å². The highest BCUT2D eigenvalue weighted by atomic mass is 35.5. The topological polar surface area (TPSA) is 41.6 Å². The molecule has 1 heterocycles. The van der Waals surface area contributed by atoms with Crippen LogP contribution in [0.5, 0.6) is 0 Å². The summed E-state index contributed by atoms with van der Waals surface area (Å²) in [6, 6.07) is 9.83. The first-order valence-electron chi connectivity index (χ1n) is 7.01. The van der Waals surface area contributed by atoms with Gasteiger partial charge in [0.1, 0.15) is 6.10 Å². The van der Waals surface area contributed by atoms with Gasteiger partial charge in [-0.05, 0) is 18.6 Å². The molecule has 20 heavy (non-hydrogen) atoms. The van der Waals surface area contributed by atoms with Gasteiger partial charge < -0.3 is 15.0 Å². The Balaban J connectivity index is 0.00000200. The number of nitrogens with zero attached hydrogens (tertiary/aromatic N) is 1. The SMILES string of the molecule is CCCCN(C(=O)C1CNCCO1)c1ccccc1.Cl. The van der Waals surface area contributed by atoms with E-state index in [1.165, 1.54) is 0 Å². The number of carbonyl (C=O) groups excluding carboxylic acids is 1. The van der Waals surface area contributed by atoms with Crippen LogP contribution in [-0.2, 0) is 9.53 Å². The van der Waals surface area contributed by atoms with Gasteiger partial charge in [-0.1, -0.05) is 31.5 Å². The minimum absolute atomic E-state index is 0. The van der Waals surface area contributed by atoms with E-state index in [9.17, 15) is 4.79 Å². The molecule has 112 valence electrons. The standard InChI is InChI=1S/C15H22N2O2.ClH/c1-2-3-10-17(13-7-5-4-6-8-13)15(18)14-12-16-9-11-19-14;/h4-8,14,16H,2-3,9-12H2,1H3;1H. The second-order valence-electron chi connectivity index (χ2n) is 4.74. The molecule has 1 aromatic carbocycles. The van der Waals surface area contributed by atoms with Gasteiger partial charge in [0.15, 0.2) is 0 Å². The van der Waals surface area contributed by atoms with E-state index in [-0.39, 0.29) is 24.4 Å². The summed E-state index contributed by atoms with van der Waals surface area (Å²) in [5.74, 6) is 0.0619. The second kappa shape index (κ2) is 8.95. The molecule has 1 fully saturated rings. The van der Waals surface area contributed by atoms with E-state index in [0.29, 0.717) is 13.2 Å². The van der Waals surface area contributed by atoms with Crippen LogP contribution in [0.1, 0.15) is 19.8 Å². The normalized spacial score (nSPS) is 18.1. The van der Waals surface area contributed by atoms with E-state index in [0.717, 1.165) is 31.6 Å². The van der Waals surface area contributed by atoms with Crippen molar-refractivity contribution < 1.29 is 9.53 Å². The highest BCUT2D eigenvalue weighted by Gasteiger charge is 2.27. The van der Waals surface area contributed by atoms with E-state index < -0.39 is 0 Å². The van der Waals surface area contributed by atoms with E-state index in [1.807, 2.05) is 35.2 Å². The number of nitrogens with one attached hydrogen (secondary N) is 1. The number of hydrogen-bond acceptors (Lipinski definition) is 3. The minimum Gasteiger partial charge on any atom is -0.366 e. The first kappa shape index (κ1) is 17.0. The van der Waals surface area contributed by atoms with Gasteiger partial charge >= 0.3 is 0 Å². The molecular formula is C15H23ClN2O2. The van der Waals surface area contributed by atoms with Crippen molar-refractivity contribution in [2.45, 2.75) is 25.9 Å². The molecule has 0 spiro atoms. The summed E-state index contributed by atoms with van der Waals surface area (Å²) in [5, 5.41) is 3.21. The second-order valence-corrected chi connectivity index (χ2v) is 4.74. The van der Waals surface area contributed by atoms with Gasteiger partial charge in [-0.3, -0.25) is 4.79 Å². The smallest absolute Gasteiger partial charge is 0.257 e. The lowest BCUT2D eigenvalue weighted by molar-refractivity contribution is -0.131. The van der Waals surface area contributed by atoms with E-state index in [1.54, 1.807) is 0 Å². The fourth-order valence-electron chi connectivity index (χ4n) is 2.19. The number of unbranched alkanes of at least 4 members (excludes halogenated alkanes) is 1. The van der Waals surface area contributed by atoms with Crippen LogP contribution in [0, 0.1) is 0 Å². The monoisotopic (exact) mass is 298 g/mol. The summed E-state index contributed by atoms with van der Waals surface area (Å²) in [5.41, 5.74) is 0.954. The summed E-state index contributed by atoms with van der Waals surface area (Å²) in [6.07, 6.45) is 1.71. The lowest BCUT2D eigenvalue weighted by Gasteiger charge is -2.30. The molecule has 1 aliphatic rings. The Bertz CT molecular complexity index is 394. The first-order valence-corrected chi connectivity index (χ1v) is 7.01. The number of hydrogen-bond donors (Lipinski definition) is 1. The van der Waals surface area contributed by atoms with Gasteiger partial charge in [-0.15, -0.1) is 12.4 Å².